The smallest absolute Gasteiger partial charge is 0.228 e. The molecule has 0 N–H and O–H groups in total. The van der Waals surface area contributed by atoms with Crippen LogP contribution in [0.5, 0.6) is 0 Å². The molecule has 0 radical (unpaired) electrons. The first-order chi connectivity index (χ1) is 13.1. The van der Waals surface area contributed by atoms with Crippen molar-refractivity contribution in [2.75, 3.05) is 7.05 Å². The molecule has 2 aromatic carbocycles. The molecule has 27 heavy (non-hydrogen) atoms. The number of carbonyl (C=O) groups is 1. The summed E-state index contributed by atoms with van der Waals surface area (Å²) in [6.45, 7) is 2.06. The van der Waals surface area contributed by atoms with Crippen molar-refractivity contribution in [1.82, 2.24) is 14.3 Å². The van der Waals surface area contributed by atoms with E-state index in [1.54, 1.807) is 11.3 Å². The Morgan fingerprint density at radius 3 is 2.48 bits per heavy atom. The fourth-order valence-corrected chi connectivity index (χ4v) is 4.03. The van der Waals surface area contributed by atoms with Crippen molar-refractivity contribution in [2.45, 2.75) is 19.4 Å². The first kappa shape index (κ1) is 17.5. The van der Waals surface area contributed by atoms with E-state index in [0.717, 1.165) is 27.5 Å². The van der Waals surface area contributed by atoms with E-state index in [2.05, 4.69) is 19.1 Å². The Kier molecular flexibility index (Phi) is 4.77. The standard InChI is InChI=1S/C22H21N3OS/c1-16(17-9-5-3-6-10-17)24(2)21(26)13-19-15-27-22-23-20(14-25(19)22)18-11-7-4-8-12-18/h3-12,14-16H,13H2,1-2H3/t16-/m0/s1. The van der Waals surface area contributed by atoms with Crippen molar-refractivity contribution in [3.8, 4) is 11.3 Å². The molecule has 0 unspecified atom stereocenters. The SMILES string of the molecule is C[C@@H](c1ccccc1)N(C)C(=O)Cc1csc2nc(-c3ccccc3)cn12. The van der Waals surface area contributed by atoms with E-state index >= 15 is 0 Å². The number of rotatable bonds is 5. The van der Waals surface area contributed by atoms with E-state index in [1.165, 1.54) is 0 Å². The van der Waals surface area contributed by atoms with Crippen molar-refractivity contribution in [1.29, 1.82) is 0 Å². The largest absolute Gasteiger partial charge is 0.339 e. The Morgan fingerprint density at radius 2 is 1.78 bits per heavy atom. The van der Waals surface area contributed by atoms with Gasteiger partial charge in [0.1, 0.15) is 0 Å². The third-order valence-corrected chi connectivity index (χ3v) is 5.83. The topological polar surface area (TPSA) is 37.6 Å². The molecule has 136 valence electrons. The highest BCUT2D eigenvalue weighted by molar-refractivity contribution is 7.15. The van der Waals surface area contributed by atoms with E-state index < -0.39 is 0 Å². The molecular formula is C22H21N3OS. The second kappa shape index (κ2) is 7.37. The summed E-state index contributed by atoms with van der Waals surface area (Å²) in [5, 5.41) is 2.02. The van der Waals surface area contributed by atoms with Gasteiger partial charge in [0.2, 0.25) is 5.91 Å². The minimum Gasteiger partial charge on any atom is -0.339 e. The number of aromatic nitrogens is 2. The van der Waals surface area contributed by atoms with Crippen LogP contribution in [0.4, 0.5) is 0 Å². The van der Waals surface area contributed by atoms with Crippen molar-refractivity contribution >= 4 is 22.2 Å². The van der Waals surface area contributed by atoms with Crippen LogP contribution in [0.15, 0.2) is 72.2 Å². The molecule has 0 aliphatic carbocycles. The third-order valence-electron chi connectivity index (χ3n) is 4.94. The van der Waals surface area contributed by atoms with Gasteiger partial charge < -0.3 is 4.90 Å². The zero-order valence-electron chi connectivity index (χ0n) is 15.4. The Labute approximate surface area is 162 Å². The van der Waals surface area contributed by atoms with Crippen LogP contribution >= 0.6 is 11.3 Å². The van der Waals surface area contributed by atoms with Crippen LogP contribution in [0.3, 0.4) is 0 Å². The molecule has 4 rings (SSSR count). The number of hydrogen-bond donors (Lipinski definition) is 0. The number of likely N-dealkylation sites (N-methyl/N-ethyl adjacent to an activating group) is 1. The molecule has 4 aromatic rings. The number of amides is 1. The molecule has 1 amide bonds. The highest BCUT2D eigenvalue weighted by atomic mass is 32.1. The van der Waals surface area contributed by atoms with Gasteiger partial charge in [0.25, 0.3) is 0 Å². The van der Waals surface area contributed by atoms with Crippen LogP contribution in [0.25, 0.3) is 16.2 Å². The fraction of sp³-hybridized carbons (Fsp3) is 0.182. The predicted octanol–water partition coefficient (Wildman–Crippen LogP) is 4.82. The van der Waals surface area contributed by atoms with Gasteiger partial charge in [-0.2, -0.15) is 0 Å². The van der Waals surface area contributed by atoms with Crippen LogP contribution in [-0.4, -0.2) is 27.2 Å². The summed E-state index contributed by atoms with van der Waals surface area (Å²) in [4.78, 5) is 20.3. The highest BCUT2D eigenvalue weighted by Gasteiger charge is 2.19. The average Bonchev–Trinajstić information content (AvgIpc) is 3.30. The van der Waals surface area contributed by atoms with Crippen LogP contribution in [0, 0.1) is 0 Å². The highest BCUT2D eigenvalue weighted by Crippen LogP contribution is 2.25. The summed E-state index contributed by atoms with van der Waals surface area (Å²) in [5.74, 6) is 0.0982. The summed E-state index contributed by atoms with van der Waals surface area (Å²) in [6, 6.07) is 20.2. The van der Waals surface area contributed by atoms with Gasteiger partial charge in [-0.15, -0.1) is 11.3 Å². The molecule has 0 fully saturated rings. The molecule has 4 nitrogen and oxygen atoms in total. The summed E-state index contributed by atoms with van der Waals surface area (Å²) in [7, 11) is 1.87. The Bertz CT molecular complexity index is 1050. The number of hydrogen-bond acceptors (Lipinski definition) is 3. The lowest BCUT2D eigenvalue weighted by Crippen LogP contribution is -2.31. The Hall–Kier alpha value is -2.92. The maximum Gasteiger partial charge on any atom is 0.228 e. The molecule has 2 aromatic heterocycles. The van der Waals surface area contributed by atoms with Crippen LogP contribution < -0.4 is 0 Å². The van der Waals surface area contributed by atoms with Crippen LogP contribution in [-0.2, 0) is 11.2 Å². The van der Waals surface area contributed by atoms with E-state index in [4.69, 9.17) is 4.98 Å². The average molecular weight is 375 g/mol. The van der Waals surface area contributed by atoms with Gasteiger partial charge in [0, 0.05) is 29.9 Å². The first-order valence-corrected chi connectivity index (χ1v) is 9.83. The monoisotopic (exact) mass is 375 g/mol. The van der Waals surface area contributed by atoms with E-state index in [1.807, 2.05) is 76.5 Å². The number of carbonyl (C=O) groups excluding carboxylic acids is 1. The number of fused-ring (bicyclic) bond motifs is 1. The van der Waals surface area contributed by atoms with E-state index in [-0.39, 0.29) is 11.9 Å². The van der Waals surface area contributed by atoms with E-state index in [0.29, 0.717) is 6.42 Å². The minimum absolute atomic E-state index is 0.0375. The van der Waals surface area contributed by atoms with Crippen molar-refractivity contribution in [2.24, 2.45) is 0 Å². The fourth-order valence-electron chi connectivity index (χ4n) is 3.16. The molecule has 0 saturated heterocycles. The lowest BCUT2D eigenvalue weighted by Gasteiger charge is -2.25. The zero-order chi connectivity index (χ0) is 18.8. The molecule has 5 heteroatoms. The molecule has 2 heterocycles. The second-order valence-electron chi connectivity index (χ2n) is 6.64. The number of imidazole rings is 1. The normalized spacial score (nSPS) is 12.2. The van der Waals surface area contributed by atoms with Gasteiger partial charge in [-0.25, -0.2) is 4.98 Å². The Morgan fingerprint density at radius 1 is 1.11 bits per heavy atom. The summed E-state index contributed by atoms with van der Waals surface area (Å²) in [6.07, 6.45) is 2.38. The summed E-state index contributed by atoms with van der Waals surface area (Å²) < 4.78 is 2.03. The lowest BCUT2D eigenvalue weighted by atomic mass is 10.1. The number of thiazole rings is 1. The molecule has 0 saturated carbocycles. The molecule has 0 spiro atoms. The maximum absolute atomic E-state index is 12.8. The van der Waals surface area contributed by atoms with Crippen molar-refractivity contribution in [3.63, 3.8) is 0 Å². The van der Waals surface area contributed by atoms with Crippen LogP contribution in [0.2, 0.25) is 0 Å². The van der Waals surface area contributed by atoms with Gasteiger partial charge in [-0.05, 0) is 12.5 Å². The molecule has 0 aliphatic heterocycles. The lowest BCUT2D eigenvalue weighted by molar-refractivity contribution is -0.131. The van der Waals surface area contributed by atoms with Gasteiger partial charge in [0.05, 0.1) is 18.2 Å². The maximum atomic E-state index is 12.8. The summed E-state index contributed by atoms with van der Waals surface area (Å²) in [5.41, 5.74) is 4.13. The van der Waals surface area contributed by atoms with Gasteiger partial charge in [-0.1, -0.05) is 60.7 Å². The minimum atomic E-state index is 0.0375. The quantitative estimate of drug-likeness (QED) is 0.501. The number of nitrogens with zero attached hydrogens (tertiary/aromatic N) is 3. The molecule has 0 bridgehead atoms. The van der Waals surface area contributed by atoms with Crippen LogP contribution in [0.1, 0.15) is 24.2 Å². The number of benzene rings is 2. The van der Waals surface area contributed by atoms with Gasteiger partial charge in [0.15, 0.2) is 4.96 Å². The molecule has 1 atom stereocenters. The zero-order valence-corrected chi connectivity index (χ0v) is 16.2. The van der Waals surface area contributed by atoms with Gasteiger partial charge in [-0.3, -0.25) is 9.20 Å². The second-order valence-corrected chi connectivity index (χ2v) is 7.48. The third kappa shape index (κ3) is 3.51. The first-order valence-electron chi connectivity index (χ1n) is 8.95. The molecule has 0 aliphatic rings. The Balaban J connectivity index is 1.54. The van der Waals surface area contributed by atoms with Gasteiger partial charge >= 0.3 is 0 Å². The predicted molar refractivity (Wildman–Crippen MR) is 110 cm³/mol. The van der Waals surface area contributed by atoms with E-state index in [9.17, 15) is 4.79 Å². The molecular weight excluding hydrogens is 354 g/mol. The summed E-state index contributed by atoms with van der Waals surface area (Å²) >= 11 is 1.57. The van der Waals surface area contributed by atoms with Crippen molar-refractivity contribution in [3.05, 3.63) is 83.5 Å². The van der Waals surface area contributed by atoms with Crippen molar-refractivity contribution < 1.29 is 4.79 Å².